The van der Waals surface area contributed by atoms with E-state index >= 15 is 0 Å². The van der Waals surface area contributed by atoms with Crippen molar-refractivity contribution in [2.45, 2.75) is 45.1 Å². The highest BCUT2D eigenvalue weighted by atomic mass is 16.3. The van der Waals surface area contributed by atoms with Crippen molar-refractivity contribution < 1.29 is 5.11 Å². The van der Waals surface area contributed by atoms with Crippen LogP contribution in [0, 0.1) is 0 Å². The average molecular weight is 233 g/mol. The van der Waals surface area contributed by atoms with Crippen LogP contribution in [0.5, 0.6) is 0 Å². The lowest BCUT2D eigenvalue weighted by molar-refractivity contribution is 0.182. The molecule has 0 aliphatic carbocycles. The van der Waals surface area contributed by atoms with E-state index in [2.05, 4.69) is 29.2 Å². The van der Waals surface area contributed by atoms with Crippen LogP contribution in [0.15, 0.2) is 24.3 Å². The second-order valence-electron chi connectivity index (χ2n) is 5.06. The zero-order valence-electron chi connectivity index (χ0n) is 10.7. The van der Waals surface area contributed by atoms with Gasteiger partial charge in [0.15, 0.2) is 0 Å². The van der Waals surface area contributed by atoms with Crippen molar-refractivity contribution in [3.8, 4) is 0 Å². The molecule has 0 saturated carbocycles. The highest BCUT2D eigenvalue weighted by molar-refractivity contribution is 5.54. The third kappa shape index (κ3) is 3.47. The summed E-state index contributed by atoms with van der Waals surface area (Å²) in [6, 6.07) is 8.76. The van der Waals surface area contributed by atoms with Crippen molar-refractivity contribution in [2.24, 2.45) is 0 Å². The van der Waals surface area contributed by atoms with Crippen molar-refractivity contribution in [1.29, 1.82) is 0 Å². The number of rotatable bonds is 4. The van der Waals surface area contributed by atoms with Gasteiger partial charge < -0.3 is 10.0 Å². The molecule has 2 rings (SSSR count). The molecule has 1 unspecified atom stereocenters. The Kier molecular flexibility index (Phi) is 4.43. The first-order valence-corrected chi connectivity index (χ1v) is 6.78. The SMILES string of the molecule is CC(O)CCCN1CCCCc2ccccc21. The number of aliphatic hydroxyl groups is 1. The van der Waals surface area contributed by atoms with E-state index in [1.54, 1.807) is 0 Å². The number of benzene rings is 1. The Bertz CT molecular complexity index is 349. The molecule has 1 aliphatic rings. The standard InChI is InChI=1S/C15H23NO/c1-13(17)7-6-12-16-11-5-4-9-14-8-2-3-10-15(14)16/h2-3,8,10,13,17H,4-7,9,11-12H2,1H3. The summed E-state index contributed by atoms with van der Waals surface area (Å²) in [7, 11) is 0. The summed E-state index contributed by atoms with van der Waals surface area (Å²) in [6.45, 7) is 4.11. The van der Waals surface area contributed by atoms with Crippen LogP contribution in [0.2, 0.25) is 0 Å². The van der Waals surface area contributed by atoms with Gasteiger partial charge in [0.2, 0.25) is 0 Å². The van der Waals surface area contributed by atoms with E-state index in [1.165, 1.54) is 30.5 Å². The lowest BCUT2D eigenvalue weighted by atomic mass is 10.1. The average Bonchev–Trinajstić information content (AvgIpc) is 2.52. The third-order valence-electron chi connectivity index (χ3n) is 3.51. The molecule has 0 aromatic heterocycles. The van der Waals surface area contributed by atoms with Crippen LogP contribution in [0.25, 0.3) is 0 Å². The molecule has 1 N–H and O–H groups in total. The number of hydrogen-bond donors (Lipinski definition) is 1. The summed E-state index contributed by atoms with van der Waals surface area (Å²) in [5.41, 5.74) is 2.90. The summed E-state index contributed by atoms with van der Waals surface area (Å²) in [5.74, 6) is 0. The minimum Gasteiger partial charge on any atom is -0.393 e. The molecule has 1 aromatic rings. The highest BCUT2D eigenvalue weighted by Gasteiger charge is 2.14. The van der Waals surface area contributed by atoms with Gasteiger partial charge in [-0.3, -0.25) is 0 Å². The first kappa shape index (κ1) is 12.4. The Morgan fingerprint density at radius 3 is 2.94 bits per heavy atom. The van der Waals surface area contributed by atoms with Gasteiger partial charge in [0.25, 0.3) is 0 Å². The van der Waals surface area contributed by atoms with Crippen molar-refractivity contribution in [3.63, 3.8) is 0 Å². The van der Waals surface area contributed by atoms with Crippen LogP contribution < -0.4 is 4.90 Å². The highest BCUT2D eigenvalue weighted by Crippen LogP contribution is 2.26. The van der Waals surface area contributed by atoms with E-state index in [-0.39, 0.29) is 6.10 Å². The van der Waals surface area contributed by atoms with Gasteiger partial charge in [-0.15, -0.1) is 0 Å². The van der Waals surface area contributed by atoms with Crippen LogP contribution in [0.4, 0.5) is 5.69 Å². The quantitative estimate of drug-likeness (QED) is 0.864. The number of anilines is 1. The second kappa shape index (κ2) is 6.06. The van der Waals surface area contributed by atoms with Crippen LogP contribution in [0.1, 0.15) is 38.2 Å². The van der Waals surface area contributed by atoms with Gasteiger partial charge in [0, 0.05) is 18.8 Å². The molecule has 17 heavy (non-hydrogen) atoms. The number of aliphatic hydroxyl groups excluding tert-OH is 1. The largest absolute Gasteiger partial charge is 0.393 e. The maximum atomic E-state index is 9.31. The van der Waals surface area contributed by atoms with Gasteiger partial charge in [0.05, 0.1) is 6.10 Å². The number of fused-ring (bicyclic) bond motifs is 1. The molecule has 2 heteroatoms. The Morgan fingerprint density at radius 1 is 1.29 bits per heavy atom. The van der Waals surface area contributed by atoms with Gasteiger partial charge >= 0.3 is 0 Å². The monoisotopic (exact) mass is 233 g/mol. The molecule has 1 atom stereocenters. The van der Waals surface area contributed by atoms with Gasteiger partial charge in [-0.25, -0.2) is 0 Å². The van der Waals surface area contributed by atoms with Crippen LogP contribution in [0.3, 0.4) is 0 Å². The number of hydrogen-bond acceptors (Lipinski definition) is 2. The topological polar surface area (TPSA) is 23.5 Å². The van der Waals surface area contributed by atoms with Gasteiger partial charge in [-0.1, -0.05) is 18.2 Å². The van der Waals surface area contributed by atoms with Crippen molar-refractivity contribution >= 4 is 5.69 Å². The zero-order chi connectivity index (χ0) is 12.1. The molecule has 0 spiro atoms. The Morgan fingerprint density at radius 2 is 2.12 bits per heavy atom. The van der Waals surface area contributed by atoms with Crippen LogP contribution in [-0.2, 0) is 6.42 Å². The van der Waals surface area contributed by atoms with E-state index in [1.807, 2.05) is 6.92 Å². The fraction of sp³-hybridized carbons (Fsp3) is 0.600. The van der Waals surface area contributed by atoms with Crippen molar-refractivity contribution in [1.82, 2.24) is 0 Å². The van der Waals surface area contributed by atoms with Gasteiger partial charge in [-0.2, -0.15) is 0 Å². The van der Waals surface area contributed by atoms with Gasteiger partial charge in [-0.05, 0) is 50.7 Å². The third-order valence-corrected chi connectivity index (χ3v) is 3.51. The zero-order valence-corrected chi connectivity index (χ0v) is 10.7. The molecule has 1 heterocycles. The Labute approximate surface area is 104 Å². The smallest absolute Gasteiger partial charge is 0.0512 e. The van der Waals surface area contributed by atoms with Crippen LogP contribution in [-0.4, -0.2) is 24.3 Å². The molecule has 94 valence electrons. The first-order valence-electron chi connectivity index (χ1n) is 6.78. The normalized spacial score (nSPS) is 17.4. The Hall–Kier alpha value is -1.02. The summed E-state index contributed by atoms with van der Waals surface area (Å²) < 4.78 is 0. The lowest BCUT2D eigenvalue weighted by Gasteiger charge is -2.25. The van der Waals surface area contributed by atoms with E-state index in [4.69, 9.17) is 0 Å². The fourth-order valence-electron chi connectivity index (χ4n) is 2.58. The molecule has 2 nitrogen and oxygen atoms in total. The van der Waals surface area contributed by atoms with E-state index in [0.717, 1.165) is 25.9 Å². The predicted octanol–water partition coefficient (Wildman–Crippen LogP) is 2.99. The van der Waals surface area contributed by atoms with Crippen molar-refractivity contribution in [3.05, 3.63) is 29.8 Å². The summed E-state index contributed by atoms with van der Waals surface area (Å²) in [6.07, 6.45) is 5.60. The second-order valence-corrected chi connectivity index (χ2v) is 5.06. The fourth-order valence-corrected chi connectivity index (χ4v) is 2.58. The maximum Gasteiger partial charge on any atom is 0.0512 e. The number of para-hydroxylation sites is 1. The number of nitrogens with zero attached hydrogens (tertiary/aromatic N) is 1. The Balaban J connectivity index is 2.01. The molecule has 1 aliphatic heterocycles. The van der Waals surface area contributed by atoms with E-state index < -0.39 is 0 Å². The van der Waals surface area contributed by atoms with E-state index in [0.29, 0.717) is 0 Å². The minimum absolute atomic E-state index is 0.169. The maximum absolute atomic E-state index is 9.31. The summed E-state index contributed by atoms with van der Waals surface area (Å²) in [4.78, 5) is 2.49. The van der Waals surface area contributed by atoms with Crippen molar-refractivity contribution in [2.75, 3.05) is 18.0 Å². The molecular formula is C15H23NO. The lowest BCUT2D eigenvalue weighted by Crippen LogP contribution is -2.25. The molecule has 0 amide bonds. The molecule has 1 aromatic carbocycles. The predicted molar refractivity (Wildman–Crippen MR) is 72.5 cm³/mol. The summed E-state index contributed by atoms with van der Waals surface area (Å²) in [5, 5.41) is 9.31. The first-order chi connectivity index (χ1) is 8.27. The van der Waals surface area contributed by atoms with Crippen LogP contribution >= 0.6 is 0 Å². The van der Waals surface area contributed by atoms with Gasteiger partial charge in [0.1, 0.15) is 0 Å². The molecule has 0 fully saturated rings. The molecule has 0 bridgehead atoms. The summed E-state index contributed by atoms with van der Waals surface area (Å²) >= 11 is 0. The van der Waals surface area contributed by atoms with E-state index in [9.17, 15) is 5.11 Å². The number of aryl methyl sites for hydroxylation is 1. The molecule has 0 radical (unpaired) electrons. The molecule has 0 saturated heterocycles. The molecular weight excluding hydrogens is 210 g/mol. The minimum atomic E-state index is -0.169.